The molecule has 3 rings (SSSR count). The molecule has 1 amide bonds. The monoisotopic (exact) mass is 331 g/mol. The first kappa shape index (κ1) is 16.0. The van der Waals surface area contributed by atoms with E-state index in [1.165, 1.54) is 11.3 Å². The number of aromatic nitrogens is 1. The summed E-state index contributed by atoms with van der Waals surface area (Å²) < 4.78 is 0. The van der Waals surface area contributed by atoms with E-state index in [1.807, 2.05) is 29.8 Å². The van der Waals surface area contributed by atoms with Gasteiger partial charge in [-0.2, -0.15) is 11.3 Å². The predicted octanol–water partition coefficient (Wildman–Crippen LogP) is 2.91. The summed E-state index contributed by atoms with van der Waals surface area (Å²) in [4.78, 5) is 19.1. The lowest BCUT2D eigenvalue weighted by molar-refractivity contribution is 0.102. The smallest absolute Gasteiger partial charge is 0.256 e. The topological polar surface area (TPSA) is 65.5 Å². The Morgan fingerprint density at radius 1 is 1.43 bits per heavy atom. The van der Waals surface area contributed by atoms with Crippen LogP contribution >= 0.6 is 11.3 Å². The molecular weight excluding hydrogens is 310 g/mol. The minimum Gasteiger partial charge on any atom is -0.396 e. The molecule has 0 unspecified atom stereocenters. The molecular formula is C17H21N3O2S. The van der Waals surface area contributed by atoms with E-state index < -0.39 is 0 Å². The highest BCUT2D eigenvalue weighted by molar-refractivity contribution is 7.08. The van der Waals surface area contributed by atoms with E-state index in [2.05, 4.69) is 15.2 Å². The largest absolute Gasteiger partial charge is 0.396 e. The molecule has 1 aliphatic heterocycles. The number of rotatable bonds is 4. The van der Waals surface area contributed by atoms with Crippen LogP contribution in [0.1, 0.15) is 28.8 Å². The lowest BCUT2D eigenvalue weighted by Crippen LogP contribution is -2.35. The molecule has 0 bridgehead atoms. The Morgan fingerprint density at radius 3 is 2.87 bits per heavy atom. The second-order valence-corrected chi connectivity index (χ2v) is 6.65. The van der Waals surface area contributed by atoms with E-state index in [0.29, 0.717) is 11.5 Å². The lowest BCUT2D eigenvalue weighted by atomic mass is 9.98. The number of hydrogen-bond acceptors (Lipinski definition) is 5. The minimum atomic E-state index is -0.0942. The van der Waals surface area contributed by atoms with Crippen molar-refractivity contribution in [3.8, 4) is 0 Å². The summed E-state index contributed by atoms with van der Waals surface area (Å²) in [5, 5.41) is 16.1. The van der Waals surface area contributed by atoms with Crippen LogP contribution in [0.5, 0.6) is 0 Å². The van der Waals surface area contributed by atoms with E-state index >= 15 is 0 Å². The predicted molar refractivity (Wildman–Crippen MR) is 93.3 cm³/mol. The van der Waals surface area contributed by atoms with E-state index in [0.717, 1.165) is 43.0 Å². The maximum Gasteiger partial charge on any atom is 0.256 e. The first-order valence-electron chi connectivity index (χ1n) is 7.84. The SMILES string of the molecule is Cc1cscc1C(=O)Nc1cccnc1N1CCC(CO)CC1. The number of thiophene rings is 1. The number of carbonyl (C=O) groups is 1. The molecule has 6 heteroatoms. The first-order valence-corrected chi connectivity index (χ1v) is 8.78. The van der Waals surface area contributed by atoms with Gasteiger partial charge < -0.3 is 15.3 Å². The van der Waals surface area contributed by atoms with Crippen LogP contribution in [-0.2, 0) is 0 Å². The number of nitrogens with one attached hydrogen (secondary N) is 1. The molecule has 2 aromatic heterocycles. The summed E-state index contributed by atoms with van der Waals surface area (Å²) in [5.74, 6) is 1.09. The Bertz CT molecular complexity index is 678. The highest BCUT2D eigenvalue weighted by atomic mass is 32.1. The van der Waals surface area contributed by atoms with Gasteiger partial charge in [0.25, 0.3) is 5.91 Å². The van der Waals surface area contributed by atoms with E-state index in [4.69, 9.17) is 0 Å². The Labute approximate surface area is 140 Å². The van der Waals surface area contributed by atoms with Gasteiger partial charge in [0, 0.05) is 31.3 Å². The summed E-state index contributed by atoms with van der Waals surface area (Å²) in [6.07, 6.45) is 3.65. The van der Waals surface area contributed by atoms with Gasteiger partial charge in [-0.3, -0.25) is 4.79 Å². The molecule has 122 valence electrons. The fraction of sp³-hybridized carbons (Fsp3) is 0.412. The van der Waals surface area contributed by atoms with Crippen molar-refractivity contribution in [2.75, 3.05) is 29.9 Å². The zero-order chi connectivity index (χ0) is 16.2. The van der Waals surface area contributed by atoms with Crippen LogP contribution in [0.2, 0.25) is 0 Å². The molecule has 0 saturated carbocycles. The maximum absolute atomic E-state index is 12.4. The number of pyridine rings is 1. The quantitative estimate of drug-likeness (QED) is 0.904. The average molecular weight is 331 g/mol. The third-order valence-corrected chi connectivity index (χ3v) is 5.17. The van der Waals surface area contributed by atoms with Crippen LogP contribution in [0.4, 0.5) is 11.5 Å². The van der Waals surface area contributed by atoms with Crippen LogP contribution in [0, 0.1) is 12.8 Å². The summed E-state index contributed by atoms with van der Waals surface area (Å²) in [6, 6.07) is 3.72. The highest BCUT2D eigenvalue weighted by Crippen LogP contribution is 2.28. The van der Waals surface area contributed by atoms with E-state index in [-0.39, 0.29) is 12.5 Å². The van der Waals surface area contributed by atoms with Gasteiger partial charge >= 0.3 is 0 Å². The van der Waals surface area contributed by atoms with Crippen molar-refractivity contribution in [3.05, 3.63) is 40.2 Å². The highest BCUT2D eigenvalue weighted by Gasteiger charge is 2.22. The molecule has 1 saturated heterocycles. The van der Waals surface area contributed by atoms with Crippen molar-refractivity contribution < 1.29 is 9.90 Å². The number of aliphatic hydroxyl groups excluding tert-OH is 1. The fourth-order valence-electron chi connectivity index (χ4n) is 2.86. The third-order valence-electron chi connectivity index (χ3n) is 4.31. The summed E-state index contributed by atoms with van der Waals surface area (Å²) in [7, 11) is 0. The molecule has 23 heavy (non-hydrogen) atoms. The summed E-state index contributed by atoms with van der Waals surface area (Å²) >= 11 is 1.53. The summed E-state index contributed by atoms with van der Waals surface area (Å²) in [5.41, 5.74) is 2.44. The molecule has 2 aromatic rings. The Morgan fingerprint density at radius 2 is 2.22 bits per heavy atom. The number of hydrogen-bond donors (Lipinski definition) is 2. The second-order valence-electron chi connectivity index (χ2n) is 5.91. The molecule has 2 N–H and O–H groups in total. The van der Waals surface area contributed by atoms with Gasteiger partial charge in [-0.1, -0.05) is 0 Å². The number of aliphatic hydroxyl groups is 1. The number of piperidine rings is 1. The Kier molecular flexibility index (Phi) is 4.93. The van der Waals surface area contributed by atoms with Crippen molar-refractivity contribution in [2.24, 2.45) is 5.92 Å². The van der Waals surface area contributed by atoms with Crippen molar-refractivity contribution in [3.63, 3.8) is 0 Å². The van der Waals surface area contributed by atoms with Crippen molar-refractivity contribution in [1.29, 1.82) is 0 Å². The zero-order valence-corrected chi connectivity index (χ0v) is 14.0. The summed E-state index contributed by atoms with van der Waals surface area (Å²) in [6.45, 7) is 3.89. The maximum atomic E-state index is 12.4. The number of carbonyl (C=O) groups excluding carboxylic acids is 1. The number of anilines is 2. The van der Waals surface area contributed by atoms with Gasteiger partial charge in [-0.05, 0) is 48.8 Å². The van der Waals surface area contributed by atoms with Crippen LogP contribution < -0.4 is 10.2 Å². The second kappa shape index (κ2) is 7.10. The molecule has 0 aromatic carbocycles. The van der Waals surface area contributed by atoms with Crippen LogP contribution in [-0.4, -0.2) is 35.7 Å². The number of amides is 1. The van der Waals surface area contributed by atoms with Gasteiger partial charge in [-0.15, -0.1) is 0 Å². The molecule has 1 aliphatic rings. The third kappa shape index (κ3) is 3.54. The lowest BCUT2D eigenvalue weighted by Gasteiger charge is -2.33. The number of nitrogens with zero attached hydrogens (tertiary/aromatic N) is 2. The van der Waals surface area contributed by atoms with Crippen LogP contribution in [0.3, 0.4) is 0 Å². The van der Waals surface area contributed by atoms with Crippen molar-refractivity contribution in [2.45, 2.75) is 19.8 Å². The van der Waals surface area contributed by atoms with Gasteiger partial charge in [0.15, 0.2) is 5.82 Å². The Hall–Kier alpha value is -1.92. The Balaban J connectivity index is 1.76. The molecule has 0 spiro atoms. The minimum absolute atomic E-state index is 0.0942. The van der Waals surface area contributed by atoms with Crippen molar-refractivity contribution >= 4 is 28.7 Å². The van der Waals surface area contributed by atoms with Crippen molar-refractivity contribution in [1.82, 2.24) is 4.98 Å². The van der Waals surface area contributed by atoms with Gasteiger partial charge in [0.1, 0.15) is 0 Å². The first-order chi connectivity index (χ1) is 11.2. The molecule has 5 nitrogen and oxygen atoms in total. The molecule has 0 aliphatic carbocycles. The standard InChI is InChI=1S/C17H21N3O2S/c1-12-10-23-11-14(12)17(22)19-15-3-2-6-18-16(15)20-7-4-13(9-21)5-8-20/h2-3,6,10-11,13,21H,4-5,7-9H2,1H3,(H,19,22). The normalized spacial score (nSPS) is 15.7. The molecule has 0 radical (unpaired) electrons. The van der Waals surface area contributed by atoms with Crippen LogP contribution in [0.15, 0.2) is 29.1 Å². The fourth-order valence-corrected chi connectivity index (χ4v) is 3.68. The zero-order valence-electron chi connectivity index (χ0n) is 13.2. The van der Waals surface area contributed by atoms with Gasteiger partial charge in [0.2, 0.25) is 0 Å². The van der Waals surface area contributed by atoms with Gasteiger partial charge in [-0.25, -0.2) is 4.98 Å². The average Bonchev–Trinajstić information content (AvgIpc) is 3.02. The molecule has 1 fully saturated rings. The van der Waals surface area contributed by atoms with Crippen LogP contribution in [0.25, 0.3) is 0 Å². The van der Waals surface area contributed by atoms with Gasteiger partial charge in [0.05, 0.1) is 11.3 Å². The number of aryl methyl sites for hydroxylation is 1. The molecule has 3 heterocycles. The van der Waals surface area contributed by atoms with E-state index in [1.54, 1.807) is 6.20 Å². The molecule has 0 atom stereocenters. The van der Waals surface area contributed by atoms with E-state index in [9.17, 15) is 9.90 Å².